The summed E-state index contributed by atoms with van der Waals surface area (Å²) in [7, 11) is 1.89. The van der Waals surface area contributed by atoms with E-state index in [0.717, 1.165) is 33.2 Å². The van der Waals surface area contributed by atoms with Crippen LogP contribution in [0, 0.1) is 0 Å². The Morgan fingerprint density at radius 2 is 1.79 bits per heavy atom. The zero-order chi connectivity index (χ0) is 19.8. The van der Waals surface area contributed by atoms with Crippen molar-refractivity contribution in [3.05, 3.63) is 89.1 Å². The first-order valence-corrected chi connectivity index (χ1v) is 9.52. The van der Waals surface area contributed by atoms with Gasteiger partial charge in [0.1, 0.15) is 0 Å². The van der Waals surface area contributed by atoms with E-state index in [1.54, 1.807) is 17.1 Å². The second kappa shape index (κ2) is 6.98. The highest BCUT2D eigenvalue weighted by molar-refractivity contribution is 5.94. The summed E-state index contributed by atoms with van der Waals surface area (Å²) in [6.45, 7) is 0.482. The predicted octanol–water partition coefficient (Wildman–Crippen LogP) is 3.59. The van der Waals surface area contributed by atoms with Gasteiger partial charge in [-0.1, -0.05) is 36.4 Å². The van der Waals surface area contributed by atoms with Crippen molar-refractivity contribution in [2.45, 2.75) is 13.0 Å². The Morgan fingerprint density at radius 1 is 0.897 bits per heavy atom. The Bertz CT molecular complexity index is 1400. The number of nitrogens with zero attached hydrogens (tertiary/aromatic N) is 5. The van der Waals surface area contributed by atoms with Crippen molar-refractivity contribution in [3.8, 4) is 11.3 Å². The standard InChI is InChI=1S/C23H19N5O/c1-27-22(11-13-24-27)18-6-4-7-19-20(18)15-25-28(23(19)29)14-12-17-10-9-16-5-2-3-8-21(16)26-17/h2-11,13,15H,12,14H2,1H3. The molecule has 0 fully saturated rings. The molecule has 0 saturated heterocycles. The van der Waals surface area contributed by atoms with E-state index in [4.69, 9.17) is 0 Å². The van der Waals surface area contributed by atoms with Gasteiger partial charge in [0.25, 0.3) is 5.56 Å². The number of aryl methyl sites for hydroxylation is 3. The highest BCUT2D eigenvalue weighted by atomic mass is 16.1. The number of pyridine rings is 1. The lowest BCUT2D eigenvalue weighted by atomic mass is 10.0. The normalized spacial score (nSPS) is 11.3. The molecule has 6 heteroatoms. The van der Waals surface area contributed by atoms with Crippen LogP contribution >= 0.6 is 0 Å². The van der Waals surface area contributed by atoms with Crippen molar-refractivity contribution in [2.75, 3.05) is 0 Å². The van der Waals surface area contributed by atoms with Gasteiger partial charge in [0.2, 0.25) is 0 Å². The van der Waals surface area contributed by atoms with Gasteiger partial charge in [-0.2, -0.15) is 10.2 Å². The van der Waals surface area contributed by atoms with Crippen molar-refractivity contribution in [3.63, 3.8) is 0 Å². The molecule has 0 aliphatic carbocycles. The smallest absolute Gasteiger partial charge is 0.268 e. The third-order valence-electron chi connectivity index (χ3n) is 5.23. The Hall–Kier alpha value is -3.80. The molecule has 0 atom stereocenters. The third kappa shape index (κ3) is 3.08. The molecule has 0 aliphatic rings. The maximum absolute atomic E-state index is 13.0. The molecule has 3 aromatic heterocycles. The van der Waals surface area contributed by atoms with E-state index in [0.29, 0.717) is 18.4 Å². The maximum Gasteiger partial charge on any atom is 0.274 e. The molecule has 0 aliphatic heterocycles. The van der Waals surface area contributed by atoms with Crippen LogP contribution in [-0.4, -0.2) is 24.5 Å². The van der Waals surface area contributed by atoms with Gasteiger partial charge in [-0.05, 0) is 24.3 Å². The summed E-state index contributed by atoms with van der Waals surface area (Å²) in [5.41, 5.74) is 3.73. The van der Waals surface area contributed by atoms with E-state index in [-0.39, 0.29) is 5.56 Å². The van der Waals surface area contributed by atoms with Gasteiger partial charge in [0.15, 0.2) is 0 Å². The summed E-state index contributed by atoms with van der Waals surface area (Å²) in [6.07, 6.45) is 4.16. The van der Waals surface area contributed by atoms with Crippen molar-refractivity contribution in [1.82, 2.24) is 24.5 Å². The Kier molecular flexibility index (Phi) is 4.17. The molecular weight excluding hydrogens is 362 g/mol. The molecule has 5 aromatic rings. The quantitative estimate of drug-likeness (QED) is 0.477. The minimum atomic E-state index is -0.0905. The van der Waals surface area contributed by atoms with E-state index < -0.39 is 0 Å². The van der Waals surface area contributed by atoms with Gasteiger partial charge in [-0.3, -0.25) is 14.5 Å². The van der Waals surface area contributed by atoms with Crippen LogP contribution in [0.25, 0.3) is 32.9 Å². The molecule has 29 heavy (non-hydrogen) atoms. The molecule has 6 nitrogen and oxygen atoms in total. The summed E-state index contributed by atoms with van der Waals surface area (Å²) < 4.78 is 3.32. The summed E-state index contributed by atoms with van der Waals surface area (Å²) >= 11 is 0. The van der Waals surface area contributed by atoms with Crippen molar-refractivity contribution < 1.29 is 0 Å². The molecule has 0 N–H and O–H groups in total. The molecular formula is C23H19N5O. The van der Waals surface area contributed by atoms with Gasteiger partial charge >= 0.3 is 0 Å². The average molecular weight is 381 g/mol. The SMILES string of the molecule is Cn1nccc1-c1cccc2c(=O)n(CCc3ccc4ccccc4n3)ncc12. The largest absolute Gasteiger partial charge is 0.274 e. The number of benzene rings is 2. The van der Waals surface area contributed by atoms with Gasteiger partial charge in [-0.25, -0.2) is 4.68 Å². The zero-order valence-electron chi connectivity index (χ0n) is 16.0. The fourth-order valence-corrected chi connectivity index (χ4v) is 3.70. The minimum Gasteiger partial charge on any atom is -0.268 e. The third-order valence-corrected chi connectivity index (χ3v) is 5.23. The second-order valence-electron chi connectivity index (χ2n) is 7.03. The molecule has 0 radical (unpaired) electrons. The fourth-order valence-electron chi connectivity index (χ4n) is 3.70. The van der Waals surface area contributed by atoms with Crippen molar-refractivity contribution in [2.24, 2.45) is 7.05 Å². The van der Waals surface area contributed by atoms with Gasteiger partial charge in [0, 0.05) is 41.7 Å². The van der Waals surface area contributed by atoms with Gasteiger partial charge in [0.05, 0.1) is 29.3 Å². The topological polar surface area (TPSA) is 65.6 Å². The number of fused-ring (bicyclic) bond motifs is 2. The molecule has 0 bridgehead atoms. The van der Waals surface area contributed by atoms with Crippen LogP contribution in [-0.2, 0) is 20.0 Å². The summed E-state index contributed by atoms with van der Waals surface area (Å²) in [5, 5.41) is 11.3. The van der Waals surface area contributed by atoms with E-state index >= 15 is 0 Å². The Labute approximate surface area is 167 Å². The van der Waals surface area contributed by atoms with Crippen LogP contribution in [0.2, 0.25) is 0 Å². The molecule has 0 spiro atoms. The summed E-state index contributed by atoms with van der Waals surface area (Å²) in [5.74, 6) is 0. The number of hydrogen-bond donors (Lipinski definition) is 0. The van der Waals surface area contributed by atoms with Crippen LogP contribution < -0.4 is 5.56 Å². The average Bonchev–Trinajstić information content (AvgIpc) is 3.18. The first-order chi connectivity index (χ1) is 14.2. The maximum atomic E-state index is 13.0. The minimum absolute atomic E-state index is 0.0905. The molecule has 2 aromatic carbocycles. The lowest BCUT2D eigenvalue weighted by Crippen LogP contribution is -2.24. The lowest BCUT2D eigenvalue weighted by Gasteiger charge is -2.10. The van der Waals surface area contributed by atoms with Crippen LogP contribution in [0.1, 0.15) is 5.69 Å². The van der Waals surface area contributed by atoms with Crippen molar-refractivity contribution in [1.29, 1.82) is 0 Å². The summed E-state index contributed by atoms with van der Waals surface area (Å²) in [4.78, 5) is 17.7. The fraction of sp³-hybridized carbons (Fsp3) is 0.130. The molecule has 0 unspecified atom stereocenters. The number of rotatable bonds is 4. The highest BCUT2D eigenvalue weighted by Gasteiger charge is 2.11. The zero-order valence-corrected chi connectivity index (χ0v) is 16.0. The molecule has 5 rings (SSSR count). The van der Waals surface area contributed by atoms with Crippen LogP contribution in [0.4, 0.5) is 0 Å². The number of hydrogen-bond acceptors (Lipinski definition) is 4. The van der Waals surface area contributed by atoms with Gasteiger partial charge in [-0.15, -0.1) is 0 Å². The second-order valence-corrected chi connectivity index (χ2v) is 7.03. The Morgan fingerprint density at radius 3 is 2.66 bits per heavy atom. The lowest BCUT2D eigenvalue weighted by molar-refractivity contribution is 0.580. The van der Waals surface area contributed by atoms with Gasteiger partial charge < -0.3 is 0 Å². The molecule has 0 saturated carbocycles. The molecule has 142 valence electrons. The number of aromatic nitrogens is 5. The predicted molar refractivity (Wildman–Crippen MR) is 114 cm³/mol. The van der Waals surface area contributed by atoms with E-state index in [1.807, 2.05) is 61.6 Å². The van der Waals surface area contributed by atoms with E-state index in [9.17, 15) is 4.79 Å². The van der Waals surface area contributed by atoms with Crippen LogP contribution in [0.5, 0.6) is 0 Å². The van der Waals surface area contributed by atoms with E-state index in [1.165, 1.54) is 4.68 Å². The summed E-state index contributed by atoms with van der Waals surface area (Å²) in [6, 6.07) is 19.8. The monoisotopic (exact) mass is 381 g/mol. The highest BCUT2D eigenvalue weighted by Crippen LogP contribution is 2.25. The molecule has 0 amide bonds. The van der Waals surface area contributed by atoms with E-state index in [2.05, 4.69) is 21.2 Å². The van der Waals surface area contributed by atoms with Crippen LogP contribution in [0.3, 0.4) is 0 Å². The number of para-hydroxylation sites is 1. The first kappa shape index (κ1) is 17.3. The first-order valence-electron chi connectivity index (χ1n) is 9.52. The van der Waals surface area contributed by atoms with Crippen molar-refractivity contribution >= 4 is 21.7 Å². The van der Waals surface area contributed by atoms with Crippen LogP contribution in [0.15, 0.2) is 77.9 Å². The Balaban J connectivity index is 1.48. The molecule has 3 heterocycles.